The van der Waals surface area contributed by atoms with Crippen LogP contribution in [0.25, 0.3) is 4.91 Å². The second-order valence-electron chi connectivity index (χ2n) is 8.16. The van der Waals surface area contributed by atoms with Gasteiger partial charge in [0.25, 0.3) is 0 Å². The van der Waals surface area contributed by atoms with Crippen LogP contribution in [-0.4, -0.2) is 0 Å². The Morgan fingerprint density at radius 2 is 1.03 bits per heavy atom. The van der Waals surface area contributed by atoms with Crippen molar-refractivity contribution in [2.75, 3.05) is 0 Å². The van der Waals surface area contributed by atoms with E-state index in [0.29, 0.717) is 5.92 Å². The number of fused-ring (bicyclic) bond motifs is 1. The second-order valence-corrected chi connectivity index (χ2v) is 9.44. The Morgan fingerprint density at radius 1 is 0.533 bits per heavy atom. The molecule has 3 unspecified atom stereocenters. The molecule has 0 amide bonds. The Balaban J connectivity index is 1.62. The van der Waals surface area contributed by atoms with Gasteiger partial charge in [0.15, 0.2) is 0 Å². The smallest absolute Gasteiger partial charge is 0.0674 e. The average molecular weight is 403 g/mol. The molecule has 3 atom stereocenters. The lowest BCUT2D eigenvalue weighted by Gasteiger charge is -2.19. The molecule has 2 aliphatic rings. The zero-order chi connectivity index (χ0) is 20.0. The monoisotopic (exact) mass is 402 g/mol. The van der Waals surface area contributed by atoms with E-state index in [2.05, 4.69) is 139 Å². The first-order valence-corrected chi connectivity index (χ1v) is 11.3. The highest BCUT2D eigenvalue weighted by Crippen LogP contribution is 2.85. The highest BCUT2D eigenvalue weighted by Gasteiger charge is 2.80. The Kier molecular flexibility index (Phi) is 4.01. The zero-order valence-corrected chi connectivity index (χ0v) is 17.4. The molecule has 0 N–H and O–H groups in total. The van der Waals surface area contributed by atoms with Gasteiger partial charge in [-0.1, -0.05) is 127 Å². The third kappa shape index (κ3) is 2.36. The van der Waals surface area contributed by atoms with Crippen molar-refractivity contribution < 1.29 is 0 Å². The summed E-state index contributed by atoms with van der Waals surface area (Å²) in [6, 6.07) is 44.1. The minimum atomic E-state index is -0.0488. The average Bonchev–Trinajstić information content (AvgIpc) is 3.26. The van der Waals surface area contributed by atoms with Gasteiger partial charge in [-0.2, -0.15) is 0 Å². The predicted octanol–water partition coefficient (Wildman–Crippen LogP) is 7.41. The molecule has 144 valence electrons. The molecule has 1 fully saturated rings. The van der Waals surface area contributed by atoms with Gasteiger partial charge in [-0.15, -0.1) is 11.8 Å². The molecule has 1 heterocycles. The molecule has 6 rings (SSSR count). The molecule has 1 saturated carbocycles. The third-order valence-corrected chi connectivity index (χ3v) is 8.37. The van der Waals surface area contributed by atoms with Crippen LogP contribution in [0.15, 0.2) is 127 Å². The summed E-state index contributed by atoms with van der Waals surface area (Å²) in [6.07, 6.45) is 2.56. The second kappa shape index (κ2) is 6.75. The summed E-state index contributed by atoms with van der Waals surface area (Å²) in [4.78, 5) is 1.38. The molecular formula is C29H22S. The Labute approximate surface area is 182 Å². The Morgan fingerprint density at radius 3 is 1.63 bits per heavy atom. The first kappa shape index (κ1) is 17.8. The first-order valence-electron chi connectivity index (χ1n) is 10.5. The van der Waals surface area contributed by atoms with Crippen LogP contribution in [0.2, 0.25) is 0 Å². The van der Waals surface area contributed by atoms with Gasteiger partial charge in [-0.05, 0) is 22.3 Å². The lowest BCUT2D eigenvalue weighted by molar-refractivity contribution is 0.809. The van der Waals surface area contributed by atoms with Gasteiger partial charge < -0.3 is 0 Å². The van der Waals surface area contributed by atoms with Gasteiger partial charge in [-0.3, -0.25) is 0 Å². The van der Waals surface area contributed by atoms with E-state index < -0.39 is 0 Å². The lowest BCUT2D eigenvalue weighted by atomic mass is 9.88. The van der Waals surface area contributed by atoms with E-state index >= 15 is 0 Å². The van der Waals surface area contributed by atoms with Crippen LogP contribution < -0.4 is 0 Å². The summed E-state index contributed by atoms with van der Waals surface area (Å²) in [5.41, 5.74) is 5.50. The Hall–Kier alpha value is -3.03. The van der Waals surface area contributed by atoms with Gasteiger partial charge >= 0.3 is 0 Å². The fourth-order valence-corrected chi connectivity index (χ4v) is 7.37. The van der Waals surface area contributed by atoms with Crippen LogP contribution in [-0.2, 0) is 10.2 Å². The number of hydrogen-bond acceptors (Lipinski definition) is 1. The van der Waals surface area contributed by atoms with Gasteiger partial charge in [0.05, 0.1) is 4.75 Å². The van der Waals surface area contributed by atoms with E-state index in [9.17, 15) is 0 Å². The normalized spacial score (nSPS) is 26.7. The molecule has 0 bridgehead atoms. The number of hydrogen-bond donors (Lipinski definition) is 0. The molecule has 0 radical (unpaired) electrons. The van der Waals surface area contributed by atoms with Crippen molar-refractivity contribution in [1.82, 2.24) is 0 Å². The molecule has 0 aromatic heterocycles. The van der Waals surface area contributed by atoms with Crippen molar-refractivity contribution in [3.63, 3.8) is 0 Å². The van der Waals surface area contributed by atoms with Crippen LogP contribution in [0.1, 0.15) is 28.2 Å². The van der Waals surface area contributed by atoms with Gasteiger partial charge in [0, 0.05) is 16.2 Å². The first-order chi connectivity index (χ1) is 14.9. The zero-order valence-electron chi connectivity index (χ0n) is 16.6. The minimum absolute atomic E-state index is 0.0257. The number of thioether (sulfide) groups is 1. The molecule has 1 aliphatic heterocycles. The summed E-state index contributed by atoms with van der Waals surface area (Å²) in [5.74, 6) is 0.411. The van der Waals surface area contributed by atoms with E-state index in [4.69, 9.17) is 0 Å². The van der Waals surface area contributed by atoms with Gasteiger partial charge in [0.1, 0.15) is 0 Å². The summed E-state index contributed by atoms with van der Waals surface area (Å²) in [5, 5.41) is 0. The molecule has 1 heteroatoms. The highest BCUT2D eigenvalue weighted by atomic mass is 32.2. The molecule has 1 aliphatic carbocycles. The molecule has 4 aromatic carbocycles. The van der Waals surface area contributed by atoms with E-state index in [1.54, 1.807) is 0 Å². The highest BCUT2D eigenvalue weighted by molar-refractivity contribution is 8.10. The van der Waals surface area contributed by atoms with Crippen molar-refractivity contribution >= 4 is 16.7 Å². The molecule has 0 saturated heterocycles. The molecule has 4 aromatic rings. The van der Waals surface area contributed by atoms with Gasteiger partial charge in [0.2, 0.25) is 0 Å². The molecule has 0 nitrogen and oxygen atoms in total. The maximum absolute atomic E-state index is 2.56. The number of allylic oxidation sites excluding steroid dienone is 1. The summed E-state index contributed by atoms with van der Waals surface area (Å²) >= 11 is 2.05. The number of benzene rings is 4. The molecule has 0 spiro atoms. The van der Waals surface area contributed by atoms with Crippen molar-refractivity contribution in [3.05, 3.63) is 150 Å². The lowest BCUT2D eigenvalue weighted by Crippen LogP contribution is -2.13. The largest absolute Gasteiger partial charge is 0.112 e. The summed E-state index contributed by atoms with van der Waals surface area (Å²) in [6.45, 7) is 0. The number of rotatable bonds is 4. The quantitative estimate of drug-likeness (QED) is 0.342. The Bertz CT molecular complexity index is 1200. The van der Waals surface area contributed by atoms with Crippen molar-refractivity contribution in [1.29, 1.82) is 0 Å². The summed E-state index contributed by atoms with van der Waals surface area (Å²) < 4.78 is -0.0257. The fraction of sp³-hybridized carbons (Fsp3) is 0.103. The van der Waals surface area contributed by atoms with E-state index in [-0.39, 0.29) is 10.2 Å². The van der Waals surface area contributed by atoms with Crippen molar-refractivity contribution in [3.8, 4) is 0 Å². The van der Waals surface area contributed by atoms with Crippen LogP contribution in [0.3, 0.4) is 0 Å². The predicted molar refractivity (Wildman–Crippen MR) is 127 cm³/mol. The van der Waals surface area contributed by atoms with Crippen LogP contribution in [0.5, 0.6) is 0 Å². The maximum Gasteiger partial charge on any atom is 0.0674 e. The van der Waals surface area contributed by atoms with E-state index in [0.717, 1.165) is 0 Å². The minimum Gasteiger partial charge on any atom is -0.112 e. The maximum atomic E-state index is 2.56. The van der Waals surface area contributed by atoms with Gasteiger partial charge in [-0.25, -0.2) is 0 Å². The van der Waals surface area contributed by atoms with E-state index in [1.165, 1.54) is 27.2 Å². The topological polar surface area (TPSA) is 0 Å². The van der Waals surface area contributed by atoms with Crippen molar-refractivity contribution in [2.24, 2.45) is 0 Å². The van der Waals surface area contributed by atoms with Crippen LogP contribution >= 0.6 is 11.8 Å². The summed E-state index contributed by atoms with van der Waals surface area (Å²) in [7, 11) is 0. The van der Waals surface area contributed by atoms with Crippen molar-refractivity contribution in [2.45, 2.75) is 16.1 Å². The molecular weight excluding hydrogens is 380 g/mol. The third-order valence-electron chi connectivity index (χ3n) is 6.67. The molecule has 30 heavy (non-hydrogen) atoms. The fourth-order valence-electron chi connectivity index (χ4n) is 5.43. The SMILES string of the molecule is C1=C(c2ccccc2)SC2(c3ccccc3)C(c3ccccc3)C12c1ccccc1. The van der Waals surface area contributed by atoms with Crippen LogP contribution in [0, 0.1) is 0 Å². The van der Waals surface area contributed by atoms with Crippen LogP contribution in [0.4, 0.5) is 0 Å². The van der Waals surface area contributed by atoms with E-state index in [1.807, 2.05) is 0 Å². The standard InChI is InChI=1S/C29H22S/c1-5-13-22(14-6-1)26-21-28(24-17-9-3-10-18-24)27(23-15-7-2-8-16-23)29(28,30-26)25-19-11-4-12-20-25/h1-21,27H.